The van der Waals surface area contributed by atoms with Gasteiger partial charge in [-0.3, -0.25) is 0 Å². The second-order valence-corrected chi connectivity index (χ2v) is 3.43. The van der Waals surface area contributed by atoms with E-state index in [1.807, 2.05) is 0 Å². The third kappa shape index (κ3) is 6.77. The number of nitrogens with two attached hydrogens (primary N) is 1. The highest BCUT2D eigenvalue weighted by atomic mass is 127. The van der Waals surface area contributed by atoms with Crippen molar-refractivity contribution in [3.05, 3.63) is 0 Å². The predicted molar refractivity (Wildman–Crippen MR) is 52.1 cm³/mol. The summed E-state index contributed by atoms with van der Waals surface area (Å²) in [5.74, 6) is 0. The van der Waals surface area contributed by atoms with Crippen molar-refractivity contribution < 1.29 is 3.07 Å². The first-order valence-corrected chi connectivity index (χ1v) is 4.59. The molecule has 0 radical (unpaired) electrons. The standard InChI is InChI=1S/C6H13N.CH3IO/c7-6-4-2-1-3-5-6;1-3-2/h6H,1-5,7H2;1H3. The molecule has 10 heavy (non-hydrogen) atoms. The van der Waals surface area contributed by atoms with Crippen molar-refractivity contribution in [1.82, 2.24) is 0 Å². The molecule has 0 aliphatic heterocycles. The minimum atomic E-state index is 0.536. The van der Waals surface area contributed by atoms with Crippen LogP contribution in [0.2, 0.25) is 0 Å². The molecule has 0 bridgehead atoms. The van der Waals surface area contributed by atoms with E-state index in [1.165, 1.54) is 32.1 Å². The van der Waals surface area contributed by atoms with Gasteiger partial charge in [0, 0.05) is 13.2 Å². The number of hydrogen-bond donors (Lipinski definition) is 1. The monoisotopic (exact) mass is 257 g/mol. The maximum atomic E-state index is 5.63. The summed E-state index contributed by atoms with van der Waals surface area (Å²) in [5, 5.41) is 0. The minimum absolute atomic E-state index is 0.536. The van der Waals surface area contributed by atoms with Gasteiger partial charge in [-0.1, -0.05) is 19.3 Å². The van der Waals surface area contributed by atoms with Gasteiger partial charge in [0.25, 0.3) is 0 Å². The lowest BCUT2D eigenvalue weighted by atomic mass is 9.97. The van der Waals surface area contributed by atoms with E-state index < -0.39 is 0 Å². The second kappa shape index (κ2) is 7.75. The van der Waals surface area contributed by atoms with Crippen molar-refractivity contribution in [1.29, 1.82) is 0 Å². The fraction of sp³-hybridized carbons (Fsp3) is 1.00. The van der Waals surface area contributed by atoms with Crippen LogP contribution >= 0.6 is 23.0 Å². The second-order valence-electron chi connectivity index (χ2n) is 2.55. The van der Waals surface area contributed by atoms with Gasteiger partial charge in [0.2, 0.25) is 0 Å². The zero-order chi connectivity index (χ0) is 7.82. The van der Waals surface area contributed by atoms with Crippen LogP contribution in [0.4, 0.5) is 0 Å². The summed E-state index contributed by atoms with van der Waals surface area (Å²) < 4.78 is 4.22. The van der Waals surface area contributed by atoms with Gasteiger partial charge in [0.1, 0.15) is 23.0 Å². The molecule has 0 aromatic rings. The first-order valence-electron chi connectivity index (χ1n) is 3.71. The Balaban J connectivity index is 0.000000236. The summed E-state index contributed by atoms with van der Waals surface area (Å²) in [4.78, 5) is 0. The zero-order valence-corrected chi connectivity index (χ0v) is 8.63. The van der Waals surface area contributed by atoms with Crippen molar-refractivity contribution in [2.75, 3.05) is 7.11 Å². The summed E-state index contributed by atoms with van der Waals surface area (Å²) in [6, 6.07) is 0.536. The maximum absolute atomic E-state index is 5.63. The van der Waals surface area contributed by atoms with Crippen molar-refractivity contribution in [3.63, 3.8) is 0 Å². The van der Waals surface area contributed by atoms with Crippen LogP contribution in [-0.2, 0) is 3.07 Å². The zero-order valence-electron chi connectivity index (χ0n) is 6.48. The van der Waals surface area contributed by atoms with E-state index in [4.69, 9.17) is 5.73 Å². The smallest absolute Gasteiger partial charge is 0.109 e. The van der Waals surface area contributed by atoms with Crippen molar-refractivity contribution in [3.8, 4) is 0 Å². The first-order chi connectivity index (χ1) is 4.81. The predicted octanol–water partition coefficient (Wildman–Crippen LogP) is 2.26. The minimum Gasteiger partial charge on any atom is -0.328 e. The van der Waals surface area contributed by atoms with Crippen LogP contribution in [0.5, 0.6) is 0 Å². The Hall–Kier alpha value is 0.650. The summed E-state index contributed by atoms with van der Waals surface area (Å²) in [7, 11) is 1.61. The van der Waals surface area contributed by atoms with E-state index in [1.54, 1.807) is 30.1 Å². The Labute approximate surface area is 77.2 Å². The highest BCUT2D eigenvalue weighted by Crippen LogP contribution is 2.14. The normalized spacial score (nSPS) is 19.5. The summed E-state index contributed by atoms with van der Waals surface area (Å²) in [6.45, 7) is 0. The van der Waals surface area contributed by atoms with E-state index in [-0.39, 0.29) is 0 Å². The lowest BCUT2D eigenvalue weighted by Crippen LogP contribution is -2.22. The molecule has 1 aliphatic rings. The molecule has 1 rings (SSSR count). The maximum Gasteiger partial charge on any atom is 0.109 e. The molecule has 0 aromatic carbocycles. The summed E-state index contributed by atoms with van der Waals surface area (Å²) in [5.41, 5.74) is 5.63. The highest BCUT2D eigenvalue weighted by molar-refractivity contribution is 14.1. The van der Waals surface area contributed by atoms with E-state index in [9.17, 15) is 0 Å². The van der Waals surface area contributed by atoms with Crippen molar-refractivity contribution in [2.45, 2.75) is 38.1 Å². The molecule has 0 unspecified atom stereocenters. The third-order valence-corrected chi connectivity index (χ3v) is 1.65. The molecule has 0 heterocycles. The summed E-state index contributed by atoms with van der Waals surface area (Å²) >= 11 is 1.79. The fourth-order valence-electron chi connectivity index (χ4n) is 1.13. The number of halogens is 1. The SMILES string of the molecule is COI.NC1CCCCC1. The Morgan fingerprint density at radius 1 is 1.30 bits per heavy atom. The molecule has 0 saturated heterocycles. The van der Waals surface area contributed by atoms with Gasteiger partial charge in [-0.05, 0) is 12.8 Å². The average molecular weight is 257 g/mol. The molecule has 62 valence electrons. The lowest BCUT2D eigenvalue weighted by Gasteiger charge is -2.15. The molecule has 3 heteroatoms. The molecule has 0 amide bonds. The van der Waals surface area contributed by atoms with Crippen LogP contribution < -0.4 is 5.73 Å². The fourth-order valence-corrected chi connectivity index (χ4v) is 1.13. The first kappa shape index (κ1) is 10.7. The van der Waals surface area contributed by atoms with Crippen LogP contribution in [0.1, 0.15) is 32.1 Å². The molecular weight excluding hydrogens is 241 g/mol. The van der Waals surface area contributed by atoms with E-state index in [0.717, 1.165) is 0 Å². The van der Waals surface area contributed by atoms with Gasteiger partial charge in [-0.15, -0.1) is 0 Å². The highest BCUT2D eigenvalue weighted by Gasteiger charge is 2.06. The van der Waals surface area contributed by atoms with Crippen LogP contribution in [0, 0.1) is 0 Å². The van der Waals surface area contributed by atoms with E-state index >= 15 is 0 Å². The van der Waals surface area contributed by atoms with E-state index in [2.05, 4.69) is 3.07 Å². The van der Waals surface area contributed by atoms with Gasteiger partial charge in [-0.25, -0.2) is 0 Å². The molecule has 1 saturated carbocycles. The molecule has 2 nitrogen and oxygen atoms in total. The quantitative estimate of drug-likeness (QED) is 0.675. The van der Waals surface area contributed by atoms with Gasteiger partial charge < -0.3 is 8.80 Å². The van der Waals surface area contributed by atoms with Crippen LogP contribution in [0.15, 0.2) is 0 Å². The Morgan fingerprint density at radius 2 is 1.70 bits per heavy atom. The molecule has 0 spiro atoms. The Bertz CT molecular complexity index is 64.6. The Kier molecular flexibility index (Phi) is 8.26. The van der Waals surface area contributed by atoms with Crippen molar-refractivity contribution in [2.24, 2.45) is 5.73 Å². The van der Waals surface area contributed by atoms with Crippen LogP contribution in [0.25, 0.3) is 0 Å². The van der Waals surface area contributed by atoms with Crippen molar-refractivity contribution >= 4 is 23.0 Å². The molecule has 1 fully saturated rings. The van der Waals surface area contributed by atoms with Gasteiger partial charge in [0.05, 0.1) is 0 Å². The van der Waals surface area contributed by atoms with Gasteiger partial charge in [-0.2, -0.15) is 0 Å². The number of hydrogen-bond acceptors (Lipinski definition) is 2. The Morgan fingerprint density at radius 3 is 1.90 bits per heavy atom. The van der Waals surface area contributed by atoms with Crippen LogP contribution in [0.3, 0.4) is 0 Å². The molecule has 0 atom stereocenters. The van der Waals surface area contributed by atoms with Gasteiger partial charge >= 0.3 is 0 Å². The number of rotatable bonds is 0. The summed E-state index contributed by atoms with van der Waals surface area (Å²) in [6.07, 6.45) is 6.66. The molecule has 1 aliphatic carbocycles. The average Bonchev–Trinajstić information content (AvgIpc) is 1.91. The molecule has 0 aromatic heterocycles. The van der Waals surface area contributed by atoms with E-state index in [0.29, 0.717) is 6.04 Å². The topological polar surface area (TPSA) is 35.2 Å². The molecular formula is C7H16INO. The lowest BCUT2D eigenvalue weighted by molar-refractivity contribution is 0.441. The largest absolute Gasteiger partial charge is 0.328 e. The van der Waals surface area contributed by atoms with Crippen LogP contribution in [-0.4, -0.2) is 13.2 Å². The third-order valence-electron chi connectivity index (χ3n) is 1.65. The molecule has 2 N–H and O–H groups in total. The van der Waals surface area contributed by atoms with Gasteiger partial charge in [0.15, 0.2) is 0 Å².